The molecule has 2 aliphatic carbocycles. The van der Waals surface area contributed by atoms with E-state index in [4.69, 9.17) is 15.6 Å². The largest absolute Gasteiger partial charge is 0.376 e. The molecule has 2 heterocycles. The van der Waals surface area contributed by atoms with E-state index in [1.807, 2.05) is 0 Å². The third kappa shape index (κ3) is 1.83. The number of nitrogens with two attached hydrogens (primary N) is 1. The van der Waals surface area contributed by atoms with Crippen LogP contribution in [-0.4, -0.2) is 16.6 Å². The predicted molar refractivity (Wildman–Crippen MR) is 71.4 cm³/mol. The molecule has 0 saturated heterocycles. The second kappa shape index (κ2) is 4.42. The number of aromatic nitrogens is 2. The molecule has 5 heteroatoms. The Morgan fingerprint density at radius 2 is 2.16 bits per heavy atom. The molecule has 4 rings (SSSR count). The molecule has 3 aliphatic rings. The van der Waals surface area contributed by atoms with Gasteiger partial charge in [0.05, 0.1) is 18.9 Å². The summed E-state index contributed by atoms with van der Waals surface area (Å²) < 4.78 is 5.48. The maximum absolute atomic E-state index is 5.62. The lowest BCUT2D eigenvalue weighted by atomic mass is 9.88. The number of hydrogen-bond acceptors (Lipinski definition) is 5. The van der Waals surface area contributed by atoms with E-state index >= 15 is 0 Å². The Morgan fingerprint density at radius 1 is 1.21 bits per heavy atom. The number of rotatable bonds is 2. The Bertz CT molecular complexity index is 487. The molecule has 3 unspecified atom stereocenters. The number of ether oxygens (including phenoxy) is 1. The van der Waals surface area contributed by atoms with Crippen molar-refractivity contribution >= 4 is 5.82 Å². The van der Waals surface area contributed by atoms with Gasteiger partial charge < -0.3 is 10.2 Å². The average molecular weight is 260 g/mol. The number of nitrogens with zero attached hydrogens (tertiary/aromatic N) is 2. The highest BCUT2D eigenvalue weighted by molar-refractivity contribution is 5.46. The lowest BCUT2D eigenvalue weighted by Gasteiger charge is -2.24. The quantitative estimate of drug-likeness (QED) is 0.626. The summed E-state index contributed by atoms with van der Waals surface area (Å²) in [5, 5.41) is 0. The number of hydrogen-bond donors (Lipinski definition) is 2. The molecular weight excluding hydrogens is 240 g/mol. The Morgan fingerprint density at radius 3 is 2.89 bits per heavy atom. The van der Waals surface area contributed by atoms with Crippen LogP contribution in [0.1, 0.15) is 48.7 Å². The SMILES string of the molecule is NNc1nc(C2CC3CCC2C3)nc2c1COCC2. The van der Waals surface area contributed by atoms with Crippen LogP contribution in [0.3, 0.4) is 0 Å². The molecule has 1 aliphatic heterocycles. The highest BCUT2D eigenvalue weighted by Gasteiger charge is 2.42. The van der Waals surface area contributed by atoms with E-state index in [1.165, 1.54) is 25.7 Å². The van der Waals surface area contributed by atoms with Crippen molar-refractivity contribution in [2.75, 3.05) is 12.0 Å². The Labute approximate surface area is 112 Å². The van der Waals surface area contributed by atoms with Gasteiger partial charge in [0.1, 0.15) is 11.6 Å². The third-order valence-electron chi connectivity index (χ3n) is 5.05. The van der Waals surface area contributed by atoms with Crippen molar-refractivity contribution < 1.29 is 4.74 Å². The zero-order chi connectivity index (χ0) is 12.8. The number of nitrogens with one attached hydrogen (secondary N) is 1. The molecule has 0 spiro atoms. The van der Waals surface area contributed by atoms with Crippen molar-refractivity contribution in [3.8, 4) is 0 Å². The summed E-state index contributed by atoms with van der Waals surface area (Å²) in [7, 11) is 0. The van der Waals surface area contributed by atoms with Crippen molar-refractivity contribution in [3.63, 3.8) is 0 Å². The second-order valence-electron chi connectivity index (χ2n) is 6.08. The van der Waals surface area contributed by atoms with E-state index < -0.39 is 0 Å². The molecule has 0 aromatic carbocycles. The van der Waals surface area contributed by atoms with Gasteiger partial charge in [0.2, 0.25) is 0 Å². The minimum absolute atomic E-state index is 0.555. The maximum Gasteiger partial charge on any atom is 0.149 e. The molecule has 2 bridgehead atoms. The zero-order valence-corrected chi connectivity index (χ0v) is 11.1. The van der Waals surface area contributed by atoms with Gasteiger partial charge in [-0.2, -0.15) is 0 Å². The summed E-state index contributed by atoms with van der Waals surface area (Å²) in [4.78, 5) is 9.51. The zero-order valence-electron chi connectivity index (χ0n) is 11.1. The van der Waals surface area contributed by atoms with Crippen molar-refractivity contribution in [3.05, 3.63) is 17.1 Å². The fourth-order valence-corrected chi connectivity index (χ4v) is 4.10. The number of nitrogen functional groups attached to an aromatic ring is 1. The first-order valence-corrected chi connectivity index (χ1v) is 7.29. The molecule has 5 nitrogen and oxygen atoms in total. The highest BCUT2D eigenvalue weighted by atomic mass is 16.5. The van der Waals surface area contributed by atoms with E-state index in [0.717, 1.165) is 47.8 Å². The van der Waals surface area contributed by atoms with Crippen LogP contribution in [-0.2, 0) is 17.8 Å². The monoisotopic (exact) mass is 260 g/mol. The number of anilines is 1. The van der Waals surface area contributed by atoms with Gasteiger partial charge in [-0.05, 0) is 31.1 Å². The van der Waals surface area contributed by atoms with Gasteiger partial charge in [-0.15, -0.1) is 0 Å². The molecule has 0 amide bonds. The minimum Gasteiger partial charge on any atom is -0.376 e. The molecular formula is C14H20N4O. The molecule has 19 heavy (non-hydrogen) atoms. The molecule has 3 atom stereocenters. The van der Waals surface area contributed by atoms with E-state index in [0.29, 0.717) is 12.5 Å². The van der Waals surface area contributed by atoms with E-state index in [1.54, 1.807) is 0 Å². The van der Waals surface area contributed by atoms with Crippen LogP contribution in [0, 0.1) is 11.8 Å². The van der Waals surface area contributed by atoms with Gasteiger partial charge in [0.25, 0.3) is 0 Å². The van der Waals surface area contributed by atoms with Crippen LogP contribution in [0.25, 0.3) is 0 Å². The van der Waals surface area contributed by atoms with Crippen molar-refractivity contribution in [1.29, 1.82) is 0 Å². The van der Waals surface area contributed by atoms with Crippen LogP contribution in [0.4, 0.5) is 5.82 Å². The Hall–Kier alpha value is -1.20. The Balaban J connectivity index is 1.72. The molecule has 0 radical (unpaired) electrons. The summed E-state index contributed by atoms with van der Waals surface area (Å²) in [5.41, 5.74) is 4.91. The average Bonchev–Trinajstić information content (AvgIpc) is 3.08. The van der Waals surface area contributed by atoms with E-state index in [9.17, 15) is 0 Å². The van der Waals surface area contributed by atoms with Gasteiger partial charge in [-0.3, -0.25) is 0 Å². The Kier molecular flexibility index (Phi) is 2.70. The smallest absolute Gasteiger partial charge is 0.149 e. The lowest BCUT2D eigenvalue weighted by molar-refractivity contribution is 0.109. The molecule has 2 fully saturated rings. The number of hydrazine groups is 1. The summed E-state index contributed by atoms with van der Waals surface area (Å²) in [6.07, 6.45) is 6.27. The lowest BCUT2D eigenvalue weighted by Crippen LogP contribution is -2.22. The van der Waals surface area contributed by atoms with Crippen LogP contribution in [0.2, 0.25) is 0 Å². The first-order chi connectivity index (χ1) is 9.35. The predicted octanol–water partition coefficient (Wildman–Crippen LogP) is 1.74. The first-order valence-electron chi connectivity index (χ1n) is 7.29. The fourth-order valence-electron chi connectivity index (χ4n) is 4.10. The molecule has 102 valence electrons. The second-order valence-corrected chi connectivity index (χ2v) is 6.08. The molecule has 1 aromatic heterocycles. The van der Waals surface area contributed by atoms with Gasteiger partial charge in [0, 0.05) is 17.9 Å². The van der Waals surface area contributed by atoms with Gasteiger partial charge in [0.15, 0.2) is 0 Å². The third-order valence-corrected chi connectivity index (χ3v) is 5.05. The maximum atomic E-state index is 5.62. The summed E-state index contributed by atoms with van der Waals surface area (Å²) >= 11 is 0. The summed E-state index contributed by atoms with van der Waals surface area (Å²) in [6.45, 7) is 1.33. The molecule has 1 aromatic rings. The fraction of sp³-hybridized carbons (Fsp3) is 0.714. The topological polar surface area (TPSA) is 73.1 Å². The minimum atomic E-state index is 0.555. The normalized spacial score (nSPS) is 32.4. The van der Waals surface area contributed by atoms with Crippen molar-refractivity contribution in [2.24, 2.45) is 17.7 Å². The van der Waals surface area contributed by atoms with Crippen LogP contribution in [0.5, 0.6) is 0 Å². The van der Waals surface area contributed by atoms with E-state index in [2.05, 4.69) is 10.4 Å². The highest BCUT2D eigenvalue weighted by Crippen LogP contribution is 2.52. The summed E-state index contributed by atoms with van der Waals surface area (Å²) in [5.74, 6) is 9.67. The first kappa shape index (κ1) is 11.6. The van der Waals surface area contributed by atoms with Gasteiger partial charge >= 0.3 is 0 Å². The van der Waals surface area contributed by atoms with Crippen molar-refractivity contribution in [2.45, 2.75) is 44.6 Å². The standard InChI is InChI=1S/C14H20N4O/c15-18-14-11-7-19-4-3-12(11)16-13(17-14)10-6-8-1-2-9(10)5-8/h8-10H,1-7,15H2,(H,16,17,18). The van der Waals surface area contributed by atoms with Gasteiger partial charge in [-0.1, -0.05) is 6.42 Å². The van der Waals surface area contributed by atoms with Crippen LogP contribution >= 0.6 is 0 Å². The van der Waals surface area contributed by atoms with E-state index in [-0.39, 0.29) is 0 Å². The van der Waals surface area contributed by atoms with Crippen LogP contribution in [0.15, 0.2) is 0 Å². The number of fused-ring (bicyclic) bond motifs is 3. The van der Waals surface area contributed by atoms with Crippen molar-refractivity contribution in [1.82, 2.24) is 9.97 Å². The summed E-state index contributed by atoms with van der Waals surface area (Å²) in [6, 6.07) is 0. The van der Waals surface area contributed by atoms with Crippen LogP contribution < -0.4 is 11.3 Å². The molecule has 3 N–H and O–H groups in total. The molecule has 2 saturated carbocycles. The van der Waals surface area contributed by atoms with Gasteiger partial charge in [-0.25, -0.2) is 15.8 Å².